The second-order valence-electron chi connectivity index (χ2n) is 2.90. The van der Waals surface area contributed by atoms with Crippen molar-refractivity contribution in [2.45, 2.75) is 6.18 Å². The van der Waals surface area contributed by atoms with Gasteiger partial charge in [-0.1, -0.05) is 23.7 Å². The summed E-state index contributed by atoms with van der Waals surface area (Å²) in [4.78, 5) is 10.3. The molecule has 0 spiro atoms. The quantitative estimate of drug-likeness (QED) is 0.817. The van der Waals surface area contributed by atoms with Crippen LogP contribution in [0.2, 0.25) is 5.02 Å². The van der Waals surface area contributed by atoms with Gasteiger partial charge < -0.3 is 5.11 Å². The van der Waals surface area contributed by atoms with E-state index in [4.69, 9.17) is 16.7 Å². The van der Waals surface area contributed by atoms with Crippen LogP contribution in [0.15, 0.2) is 30.3 Å². The number of hydrogen-bond donors (Lipinski definition) is 1. The third-order valence-electron chi connectivity index (χ3n) is 1.71. The first-order valence-corrected chi connectivity index (χ1v) is 4.46. The minimum Gasteiger partial charge on any atom is -0.478 e. The first-order valence-electron chi connectivity index (χ1n) is 4.08. The number of hydrogen-bond acceptors (Lipinski definition) is 1. The van der Waals surface area contributed by atoms with Gasteiger partial charge in [0.15, 0.2) is 0 Å². The minimum absolute atomic E-state index is 0.109. The highest BCUT2D eigenvalue weighted by Gasteiger charge is 2.35. The summed E-state index contributed by atoms with van der Waals surface area (Å²) in [5.41, 5.74) is -1.51. The van der Waals surface area contributed by atoms with Crippen molar-refractivity contribution in [2.24, 2.45) is 0 Å². The van der Waals surface area contributed by atoms with E-state index >= 15 is 0 Å². The normalized spacial score (nSPS) is 12.6. The summed E-state index contributed by atoms with van der Waals surface area (Å²) in [6, 6.07) is 4.93. The molecule has 0 radical (unpaired) electrons. The highest BCUT2D eigenvalue weighted by Crippen LogP contribution is 2.34. The highest BCUT2D eigenvalue weighted by molar-refractivity contribution is 6.30. The lowest BCUT2D eigenvalue weighted by atomic mass is 10.1. The topological polar surface area (TPSA) is 37.3 Å². The third kappa shape index (κ3) is 3.27. The summed E-state index contributed by atoms with van der Waals surface area (Å²) in [6.07, 6.45) is -4.62. The van der Waals surface area contributed by atoms with Crippen molar-refractivity contribution in [3.8, 4) is 0 Å². The largest absolute Gasteiger partial charge is 0.478 e. The molecule has 16 heavy (non-hydrogen) atoms. The number of carboxylic acids is 1. The number of carbonyl (C=O) groups is 1. The van der Waals surface area contributed by atoms with Crippen LogP contribution in [0.4, 0.5) is 13.2 Å². The molecule has 6 heteroatoms. The van der Waals surface area contributed by atoms with Crippen molar-refractivity contribution in [2.75, 3.05) is 0 Å². The second kappa shape index (κ2) is 4.57. The molecule has 0 saturated heterocycles. The fraction of sp³-hybridized carbons (Fsp3) is 0.100. The fourth-order valence-electron chi connectivity index (χ4n) is 1.11. The van der Waals surface area contributed by atoms with Crippen LogP contribution in [-0.2, 0) is 4.79 Å². The molecule has 0 aliphatic rings. The van der Waals surface area contributed by atoms with Crippen LogP contribution in [0, 0.1) is 0 Å². The van der Waals surface area contributed by atoms with E-state index in [1.54, 1.807) is 0 Å². The summed E-state index contributed by atoms with van der Waals surface area (Å²) in [5.74, 6) is -1.66. The van der Waals surface area contributed by atoms with E-state index in [1.165, 1.54) is 12.1 Å². The van der Waals surface area contributed by atoms with Gasteiger partial charge in [-0.05, 0) is 17.7 Å². The molecular formula is C10H6ClF3O2. The van der Waals surface area contributed by atoms with Gasteiger partial charge in [0.1, 0.15) is 0 Å². The van der Waals surface area contributed by atoms with Gasteiger partial charge in [0.05, 0.1) is 5.57 Å². The van der Waals surface area contributed by atoms with Gasteiger partial charge in [-0.15, -0.1) is 0 Å². The summed E-state index contributed by atoms with van der Waals surface area (Å²) < 4.78 is 37.6. The average Bonchev–Trinajstić information content (AvgIpc) is 2.12. The van der Waals surface area contributed by atoms with Crippen LogP contribution in [-0.4, -0.2) is 17.3 Å². The predicted molar refractivity (Wildman–Crippen MR) is 53.1 cm³/mol. The molecule has 1 aromatic rings. The molecule has 0 aliphatic carbocycles. The zero-order valence-corrected chi connectivity index (χ0v) is 8.51. The molecule has 0 heterocycles. The van der Waals surface area contributed by atoms with Gasteiger partial charge in [0, 0.05) is 11.1 Å². The first kappa shape index (κ1) is 12.6. The van der Waals surface area contributed by atoms with E-state index in [9.17, 15) is 18.0 Å². The lowest BCUT2D eigenvalue weighted by Crippen LogP contribution is -2.12. The number of halogens is 4. The van der Waals surface area contributed by atoms with Crippen LogP contribution in [0.5, 0.6) is 0 Å². The summed E-state index contributed by atoms with van der Waals surface area (Å²) in [7, 11) is 0. The first-order chi connectivity index (χ1) is 7.30. The molecule has 0 bridgehead atoms. The van der Waals surface area contributed by atoms with Gasteiger partial charge in [-0.25, -0.2) is 4.79 Å². The Morgan fingerprint density at radius 2 is 2.00 bits per heavy atom. The Balaban J connectivity index is 3.28. The van der Waals surface area contributed by atoms with Crippen molar-refractivity contribution >= 4 is 23.1 Å². The number of alkyl halides is 3. The maximum Gasteiger partial charge on any atom is 0.417 e. The molecule has 0 aliphatic heterocycles. The monoisotopic (exact) mass is 250 g/mol. The SMILES string of the molecule is O=C(O)/C=C(\c1cccc(Cl)c1)C(F)(F)F. The lowest BCUT2D eigenvalue weighted by Gasteiger charge is -2.11. The number of rotatable bonds is 2. The van der Waals surface area contributed by atoms with E-state index in [2.05, 4.69) is 0 Å². The van der Waals surface area contributed by atoms with Gasteiger partial charge in [0.25, 0.3) is 0 Å². The van der Waals surface area contributed by atoms with Crippen LogP contribution >= 0.6 is 11.6 Å². The Morgan fingerprint density at radius 1 is 1.38 bits per heavy atom. The maximum atomic E-state index is 12.5. The zero-order chi connectivity index (χ0) is 12.3. The van der Waals surface area contributed by atoms with Crippen LogP contribution in [0.3, 0.4) is 0 Å². The van der Waals surface area contributed by atoms with E-state index < -0.39 is 17.7 Å². The molecule has 1 rings (SSSR count). The molecule has 1 N–H and O–H groups in total. The van der Waals surface area contributed by atoms with E-state index in [1.807, 2.05) is 0 Å². The molecule has 0 amide bonds. The zero-order valence-electron chi connectivity index (χ0n) is 7.75. The van der Waals surface area contributed by atoms with Crippen LogP contribution in [0.25, 0.3) is 5.57 Å². The lowest BCUT2D eigenvalue weighted by molar-refractivity contribution is -0.131. The van der Waals surface area contributed by atoms with E-state index in [-0.39, 0.29) is 16.7 Å². The Hall–Kier alpha value is -1.49. The molecule has 0 fully saturated rings. The van der Waals surface area contributed by atoms with E-state index in [0.29, 0.717) is 0 Å². The number of carboxylic acid groups (broad SMARTS) is 1. The van der Waals surface area contributed by atoms with Gasteiger partial charge in [-0.2, -0.15) is 13.2 Å². The van der Waals surface area contributed by atoms with Gasteiger partial charge in [-0.3, -0.25) is 0 Å². The fourth-order valence-corrected chi connectivity index (χ4v) is 1.30. The Morgan fingerprint density at radius 3 is 2.44 bits per heavy atom. The minimum atomic E-state index is -4.73. The average molecular weight is 251 g/mol. The molecule has 0 atom stereocenters. The summed E-state index contributed by atoms with van der Waals surface area (Å²) in [5, 5.41) is 8.48. The van der Waals surface area contributed by atoms with Crippen molar-refractivity contribution in [1.29, 1.82) is 0 Å². The molecule has 86 valence electrons. The van der Waals surface area contributed by atoms with Crippen molar-refractivity contribution in [3.63, 3.8) is 0 Å². The smallest absolute Gasteiger partial charge is 0.417 e. The Labute approximate surface area is 94.0 Å². The Kier molecular flexibility index (Phi) is 3.59. The number of allylic oxidation sites excluding steroid dienone is 1. The van der Waals surface area contributed by atoms with E-state index in [0.717, 1.165) is 12.1 Å². The molecule has 1 aromatic carbocycles. The number of aliphatic carboxylic acids is 1. The molecule has 0 saturated carbocycles. The van der Waals surface area contributed by atoms with Gasteiger partial charge in [0.2, 0.25) is 0 Å². The van der Waals surface area contributed by atoms with Crippen LogP contribution in [0.1, 0.15) is 5.56 Å². The molecule has 2 nitrogen and oxygen atoms in total. The predicted octanol–water partition coefficient (Wildman–Crippen LogP) is 3.37. The van der Waals surface area contributed by atoms with Crippen LogP contribution < -0.4 is 0 Å². The third-order valence-corrected chi connectivity index (χ3v) is 1.94. The molecule has 0 unspecified atom stereocenters. The summed E-state index contributed by atoms with van der Waals surface area (Å²) in [6.45, 7) is 0. The highest BCUT2D eigenvalue weighted by atomic mass is 35.5. The maximum absolute atomic E-state index is 12.5. The second-order valence-corrected chi connectivity index (χ2v) is 3.34. The van der Waals surface area contributed by atoms with Crippen molar-refractivity contribution < 1.29 is 23.1 Å². The summed E-state index contributed by atoms with van der Waals surface area (Å²) >= 11 is 5.53. The Bertz CT molecular complexity index is 438. The standard InChI is InChI=1S/C10H6ClF3O2/c11-7-3-1-2-6(4-7)8(5-9(15)16)10(12,13)14/h1-5H,(H,15,16)/b8-5+. The van der Waals surface area contributed by atoms with Crippen molar-refractivity contribution in [1.82, 2.24) is 0 Å². The van der Waals surface area contributed by atoms with Gasteiger partial charge >= 0.3 is 12.1 Å². The number of benzene rings is 1. The molecular weight excluding hydrogens is 245 g/mol. The van der Waals surface area contributed by atoms with Crippen molar-refractivity contribution in [3.05, 3.63) is 40.9 Å². The molecule has 0 aromatic heterocycles.